The molecule has 0 atom stereocenters. The molecule has 1 aliphatic rings. The second-order valence-corrected chi connectivity index (χ2v) is 7.66. The Bertz CT molecular complexity index is 979. The van der Waals surface area contributed by atoms with E-state index in [4.69, 9.17) is 37.4 Å². The number of hydrogen-bond acceptors (Lipinski definition) is 6. The van der Waals surface area contributed by atoms with E-state index in [0.29, 0.717) is 32.9 Å². The maximum absolute atomic E-state index is 12.6. The minimum Gasteiger partial charge on any atom is -0.493 e. The van der Waals surface area contributed by atoms with Crippen LogP contribution in [0.3, 0.4) is 0 Å². The molecule has 0 aromatic heterocycles. The van der Waals surface area contributed by atoms with Gasteiger partial charge in [0.25, 0.3) is 11.1 Å². The van der Waals surface area contributed by atoms with Crippen LogP contribution in [0.25, 0.3) is 6.08 Å². The van der Waals surface area contributed by atoms with Crippen molar-refractivity contribution in [3.63, 3.8) is 0 Å². The van der Waals surface area contributed by atoms with Crippen molar-refractivity contribution in [1.29, 1.82) is 0 Å². The summed E-state index contributed by atoms with van der Waals surface area (Å²) in [5, 5.41) is 0.438. The fourth-order valence-electron chi connectivity index (χ4n) is 2.67. The zero-order chi connectivity index (χ0) is 21.0. The van der Waals surface area contributed by atoms with Gasteiger partial charge in [-0.15, -0.1) is 0 Å². The molecular weight excluding hydrogens is 437 g/mol. The van der Waals surface area contributed by atoms with Crippen LogP contribution >= 0.6 is 35.0 Å². The number of benzene rings is 2. The van der Waals surface area contributed by atoms with E-state index in [2.05, 4.69) is 0 Å². The number of rotatable bonds is 7. The smallest absolute Gasteiger partial charge is 0.293 e. The first kappa shape index (κ1) is 21.4. The highest BCUT2D eigenvalue weighted by Gasteiger charge is 2.35. The third-order valence-corrected chi connectivity index (χ3v) is 5.54. The minimum absolute atomic E-state index is 0.111. The molecule has 0 radical (unpaired) electrons. The molecule has 1 aliphatic heterocycles. The Morgan fingerprint density at radius 2 is 1.79 bits per heavy atom. The van der Waals surface area contributed by atoms with Crippen LogP contribution < -0.4 is 14.2 Å². The van der Waals surface area contributed by atoms with Gasteiger partial charge in [-0.3, -0.25) is 14.5 Å². The highest BCUT2D eigenvalue weighted by atomic mass is 35.5. The molecule has 6 nitrogen and oxygen atoms in total. The molecule has 2 aromatic rings. The summed E-state index contributed by atoms with van der Waals surface area (Å²) in [6.07, 6.45) is 1.59. The second-order valence-electron chi connectivity index (χ2n) is 5.85. The maximum Gasteiger partial charge on any atom is 0.293 e. The van der Waals surface area contributed by atoms with Crippen molar-refractivity contribution in [2.75, 3.05) is 27.4 Å². The van der Waals surface area contributed by atoms with Crippen molar-refractivity contribution >= 4 is 52.2 Å². The fourth-order valence-corrected chi connectivity index (χ4v) is 4.03. The minimum atomic E-state index is -0.395. The average Bonchev–Trinajstić information content (AvgIpc) is 2.96. The fraction of sp³-hybridized carbons (Fsp3) is 0.200. The number of amides is 2. The molecule has 9 heteroatoms. The Labute approximate surface area is 182 Å². The summed E-state index contributed by atoms with van der Waals surface area (Å²) in [4.78, 5) is 26.3. The van der Waals surface area contributed by atoms with Crippen LogP contribution in [0, 0.1) is 0 Å². The van der Waals surface area contributed by atoms with E-state index in [0.717, 1.165) is 16.7 Å². The van der Waals surface area contributed by atoms with Crippen molar-refractivity contribution in [3.05, 3.63) is 56.9 Å². The first-order valence-corrected chi connectivity index (χ1v) is 10.1. The number of para-hydroxylation sites is 1. The number of carbonyl (C=O) groups is 2. The van der Waals surface area contributed by atoms with Gasteiger partial charge in [0.2, 0.25) is 0 Å². The third-order valence-electron chi connectivity index (χ3n) is 4.04. The normalized spacial score (nSPS) is 15.2. The highest BCUT2D eigenvalue weighted by molar-refractivity contribution is 8.18. The molecule has 1 heterocycles. The number of carbonyl (C=O) groups excluding carboxylic acids is 2. The van der Waals surface area contributed by atoms with E-state index in [9.17, 15) is 9.59 Å². The number of ether oxygens (including phenoxy) is 3. The number of methoxy groups -OCH3 is 2. The number of nitrogens with zero attached hydrogens (tertiary/aromatic N) is 1. The predicted molar refractivity (Wildman–Crippen MR) is 114 cm³/mol. The summed E-state index contributed by atoms with van der Waals surface area (Å²) in [6.45, 7) is 0.247. The molecule has 0 aliphatic carbocycles. The molecule has 0 saturated carbocycles. The van der Waals surface area contributed by atoms with Gasteiger partial charge in [-0.2, -0.15) is 0 Å². The lowest BCUT2D eigenvalue weighted by atomic mass is 10.2. The molecule has 3 rings (SSSR count). The van der Waals surface area contributed by atoms with E-state index in [-0.39, 0.29) is 23.3 Å². The summed E-state index contributed by atoms with van der Waals surface area (Å²) in [5.41, 5.74) is 0.616. The topological polar surface area (TPSA) is 65.1 Å². The Balaban J connectivity index is 1.71. The van der Waals surface area contributed by atoms with Crippen molar-refractivity contribution in [2.24, 2.45) is 0 Å². The van der Waals surface area contributed by atoms with E-state index in [1.165, 1.54) is 14.2 Å². The SMILES string of the molecule is COc1cc(/C=C2\SC(=O)N(CCOc3ccccc3Cl)C2=O)cc(Cl)c1OC. The van der Waals surface area contributed by atoms with Crippen LogP contribution in [0.2, 0.25) is 10.0 Å². The van der Waals surface area contributed by atoms with Gasteiger partial charge in [-0.05, 0) is 47.7 Å². The lowest BCUT2D eigenvalue weighted by Crippen LogP contribution is -2.32. The number of hydrogen-bond donors (Lipinski definition) is 0. The lowest BCUT2D eigenvalue weighted by Gasteiger charge is -2.13. The Morgan fingerprint density at radius 3 is 2.48 bits per heavy atom. The van der Waals surface area contributed by atoms with Crippen molar-refractivity contribution in [1.82, 2.24) is 4.90 Å². The Morgan fingerprint density at radius 1 is 1.03 bits per heavy atom. The molecule has 29 heavy (non-hydrogen) atoms. The third kappa shape index (κ3) is 4.80. The molecule has 0 N–H and O–H groups in total. The molecule has 2 amide bonds. The van der Waals surface area contributed by atoms with Crippen LogP contribution in [0.5, 0.6) is 17.2 Å². The molecule has 1 fully saturated rings. The van der Waals surface area contributed by atoms with Gasteiger partial charge in [0.1, 0.15) is 12.4 Å². The summed E-state index contributed by atoms with van der Waals surface area (Å²) in [7, 11) is 2.98. The first-order valence-electron chi connectivity index (χ1n) is 8.48. The Kier molecular flexibility index (Phi) is 6.95. The van der Waals surface area contributed by atoms with Gasteiger partial charge < -0.3 is 14.2 Å². The largest absolute Gasteiger partial charge is 0.493 e. The van der Waals surface area contributed by atoms with Gasteiger partial charge in [0.15, 0.2) is 11.5 Å². The zero-order valence-electron chi connectivity index (χ0n) is 15.6. The molecule has 0 spiro atoms. The van der Waals surface area contributed by atoms with E-state index < -0.39 is 5.91 Å². The summed E-state index contributed by atoms with van der Waals surface area (Å²) in [6, 6.07) is 10.3. The average molecular weight is 454 g/mol. The van der Waals surface area contributed by atoms with Gasteiger partial charge in [-0.25, -0.2) is 0 Å². The van der Waals surface area contributed by atoms with Crippen LogP contribution in [-0.4, -0.2) is 43.4 Å². The first-order chi connectivity index (χ1) is 13.9. The summed E-state index contributed by atoms with van der Waals surface area (Å²) < 4.78 is 16.0. The number of thioether (sulfide) groups is 1. The van der Waals surface area contributed by atoms with E-state index in [1.54, 1.807) is 42.5 Å². The van der Waals surface area contributed by atoms with Crippen LogP contribution in [0.4, 0.5) is 4.79 Å². The molecule has 2 aromatic carbocycles. The zero-order valence-corrected chi connectivity index (χ0v) is 17.9. The van der Waals surface area contributed by atoms with Crippen molar-refractivity contribution in [2.45, 2.75) is 0 Å². The Hall–Kier alpha value is -2.35. The second kappa shape index (κ2) is 9.43. The van der Waals surface area contributed by atoms with Crippen LogP contribution in [0.1, 0.15) is 5.56 Å². The highest BCUT2D eigenvalue weighted by Crippen LogP contribution is 2.38. The van der Waals surface area contributed by atoms with Gasteiger partial charge in [0.05, 0.1) is 35.7 Å². The molecule has 152 valence electrons. The van der Waals surface area contributed by atoms with Crippen molar-refractivity contribution < 1.29 is 23.8 Å². The molecule has 1 saturated heterocycles. The quantitative estimate of drug-likeness (QED) is 0.541. The summed E-state index contributed by atoms with van der Waals surface area (Å²) >= 11 is 13.1. The van der Waals surface area contributed by atoms with Gasteiger partial charge in [-0.1, -0.05) is 35.3 Å². The molecule has 0 bridgehead atoms. The summed E-state index contributed by atoms with van der Waals surface area (Å²) in [5.74, 6) is 0.931. The monoisotopic (exact) mass is 453 g/mol. The van der Waals surface area contributed by atoms with Crippen molar-refractivity contribution in [3.8, 4) is 17.2 Å². The van der Waals surface area contributed by atoms with Crippen LogP contribution in [-0.2, 0) is 4.79 Å². The standard InChI is InChI=1S/C20H17Cl2NO5S/c1-26-16-10-12(9-14(22)18(16)27-2)11-17-19(24)23(20(25)29-17)7-8-28-15-6-4-3-5-13(15)21/h3-6,9-11H,7-8H2,1-2H3/b17-11-. The maximum atomic E-state index is 12.6. The van der Waals surface area contributed by atoms with E-state index in [1.807, 2.05) is 0 Å². The van der Waals surface area contributed by atoms with Gasteiger partial charge in [0, 0.05) is 0 Å². The predicted octanol–water partition coefficient (Wildman–Crippen LogP) is 5.13. The molecule has 0 unspecified atom stereocenters. The number of halogens is 2. The number of imide groups is 1. The molecular formula is C20H17Cl2NO5S. The van der Waals surface area contributed by atoms with E-state index >= 15 is 0 Å². The van der Waals surface area contributed by atoms with Gasteiger partial charge >= 0.3 is 0 Å². The lowest BCUT2D eigenvalue weighted by molar-refractivity contribution is -0.123. The van der Waals surface area contributed by atoms with Crippen LogP contribution in [0.15, 0.2) is 41.3 Å².